The largest absolute Gasteiger partial charge is 0.298 e. The molecule has 0 bridgehead atoms. The third-order valence-electron chi connectivity index (χ3n) is 3.91. The van der Waals surface area contributed by atoms with E-state index in [0.29, 0.717) is 16.2 Å². The second-order valence-electron chi connectivity index (χ2n) is 5.17. The number of rotatable bonds is 4. The van der Waals surface area contributed by atoms with Gasteiger partial charge in [-0.25, -0.2) is 4.98 Å². The summed E-state index contributed by atoms with van der Waals surface area (Å²) in [6.07, 6.45) is 3.00. The summed E-state index contributed by atoms with van der Waals surface area (Å²) < 4.78 is 0. The fourth-order valence-electron chi connectivity index (χ4n) is 2.41. The van der Waals surface area contributed by atoms with Crippen LogP contribution in [0.3, 0.4) is 0 Å². The number of hydrogen-bond acceptors (Lipinski definition) is 3. The number of nitrogens with zero attached hydrogens (tertiary/aromatic N) is 3. The highest BCUT2D eigenvalue weighted by Crippen LogP contribution is 2.21. The molecule has 1 aliphatic rings. The van der Waals surface area contributed by atoms with Gasteiger partial charge in [0.2, 0.25) is 0 Å². The maximum Gasteiger partial charge on any atom is 0.130 e. The van der Waals surface area contributed by atoms with Gasteiger partial charge in [0.25, 0.3) is 0 Å². The van der Waals surface area contributed by atoms with Crippen molar-refractivity contribution in [1.29, 1.82) is 0 Å². The summed E-state index contributed by atoms with van der Waals surface area (Å²) >= 11 is 12.0. The van der Waals surface area contributed by atoms with Crippen LogP contribution in [0.25, 0.3) is 0 Å². The third kappa shape index (κ3) is 4.06. The van der Waals surface area contributed by atoms with E-state index in [1.165, 1.54) is 6.42 Å². The molecule has 3 nitrogen and oxygen atoms in total. The van der Waals surface area contributed by atoms with Crippen LogP contribution >= 0.6 is 23.2 Å². The van der Waals surface area contributed by atoms with Gasteiger partial charge in [-0.15, -0.1) is 0 Å². The molecule has 5 heteroatoms. The Bertz CT molecular complexity index is 417. The van der Waals surface area contributed by atoms with Crippen LogP contribution in [-0.4, -0.2) is 47.0 Å². The molecule has 1 atom stereocenters. The first-order valence-corrected chi connectivity index (χ1v) is 7.62. The highest BCUT2D eigenvalue weighted by atomic mass is 35.5. The third-order valence-corrected chi connectivity index (χ3v) is 4.47. The molecule has 2 rings (SSSR count). The van der Waals surface area contributed by atoms with E-state index in [2.05, 4.69) is 28.6 Å². The van der Waals surface area contributed by atoms with Gasteiger partial charge in [0.15, 0.2) is 0 Å². The predicted molar refractivity (Wildman–Crippen MR) is 80.9 cm³/mol. The smallest absolute Gasteiger partial charge is 0.130 e. The first kappa shape index (κ1) is 15.0. The minimum absolute atomic E-state index is 0.454. The molecule has 2 heterocycles. The molecule has 19 heavy (non-hydrogen) atoms. The summed E-state index contributed by atoms with van der Waals surface area (Å²) in [4.78, 5) is 9.09. The minimum Gasteiger partial charge on any atom is -0.298 e. The van der Waals surface area contributed by atoms with Crippen LogP contribution in [-0.2, 0) is 6.54 Å². The Morgan fingerprint density at radius 1 is 1.26 bits per heavy atom. The second kappa shape index (κ2) is 6.89. The molecule has 0 radical (unpaired) electrons. The van der Waals surface area contributed by atoms with E-state index in [0.717, 1.165) is 38.3 Å². The maximum absolute atomic E-state index is 6.19. The van der Waals surface area contributed by atoms with Crippen molar-refractivity contribution in [3.05, 3.63) is 28.0 Å². The van der Waals surface area contributed by atoms with Gasteiger partial charge in [0, 0.05) is 55.5 Å². The van der Waals surface area contributed by atoms with Crippen molar-refractivity contribution in [3.63, 3.8) is 0 Å². The summed E-state index contributed by atoms with van der Waals surface area (Å²) in [6, 6.07) is 2.40. The monoisotopic (exact) mass is 301 g/mol. The average Bonchev–Trinajstić information content (AvgIpc) is 2.42. The summed E-state index contributed by atoms with van der Waals surface area (Å²) in [6.45, 7) is 9.84. The molecule has 0 amide bonds. The molecule has 1 aliphatic heterocycles. The Kier molecular flexibility index (Phi) is 5.46. The fourth-order valence-corrected chi connectivity index (χ4v) is 2.84. The molecule has 1 aromatic rings. The molecule has 106 valence electrons. The number of aromatic nitrogens is 1. The topological polar surface area (TPSA) is 19.4 Å². The van der Waals surface area contributed by atoms with Gasteiger partial charge < -0.3 is 0 Å². The van der Waals surface area contributed by atoms with E-state index in [4.69, 9.17) is 23.2 Å². The number of piperazine rings is 1. The zero-order chi connectivity index (χ0) is 13.8. The van der Waals surface area contributed by atoms with Crippen LogP contribution in [0.5, 0.6) is 0 Å². The molecule has 0 aromatic carbocycles. The molecule has 1 aromatic heterocycles. The SMILES string of the molecule is CCC(C)N1CCN(Cc2cnc(Cl)cc2Cl)CC1. The summed E-state index contributed by atoms with van der Waals surface area (Å²) in [5, 5.41) is 1.17. The normalized spacial score (nSPS) is 19.6. The molecule has 0 N–H and O–H groups in total. The zero-order valence-corrected chi connectivity index (χ0v) is 13.1. The zero-order valence-electron chi connectivity index (χ0n) is 11.6. The van der Waals surface area contributed by atoms with E-state index < -0.39 is 0 Å². The Morgan fingerprint density at radius 3 is 2.53 bits per heavy atom. The van der Waals surface area contributed by atoms with E-state index in [-0.39, 0.29) is 0 Å². The van der Waals surface area contributed by atoms with Gasteiger partial charge in [-0.05, 0) is 19.4 Å². The molecular weight excluding hydrogens is 281 g/mol. The van der Waals surface area contributed by atoms with Crippen LogP contribution in [0.15, 0.2) is 12.3 Å². The second-order valence-corrected chi connectivity index (χ2v) is 5.96. The molecule has 0 spiro atoms. The lowest BCUT2D eigenvalue weighted by molar-refractivity contribution is 0.0963. The van der Waals surface area contributed by atoms with Gasteiger partial charge >= 0.3 is 0 Å². The molecule has 0 aliphatic carbocycles. The van der Waals surface area contributed by atoms with Crippen molar-refractivity contribution in [2.24, 2.45) is 0 Å². The standard InChI is InChI=1S/C14H21Cl2N3/c1-3-11(2)19-6-4-18(5-7-19)10-12-9-17-14(16)8-13(12)15/h8-9,11H,3-7,10H2,1-2H3. The van der Waals surface area contributed by atoms with Crippen molar-refractivity contribution >= 4 is 23.2 Å². The molecule has 1 unspecified atom stereocenters. The Morgan fingerprint density at radius 2 is 1.95 bits per heavy atom. The minimum atomic E-state index is 0.454. The first-order valence-electron chi connectivity index (χ1n) is 6.86. The number of pyridine rings is 1. The van der Waals surface area contributed by atoms with E-state index in [9.17, 15) is 0 Å². The van der Waals surface area contributed by atoms with Crippen molar-refractivity contribution in [1.82, 2.24) is 14.8 Å². The summed E-state index contributed by atoms with van der Waals surface area (Å²) in [7, 11) is 0. The van der Waals surface area contributed by atoms with Gasteiger partial charge in [0.05, 0.1) is 0 Å². The van der Waals surface area contributed by atoms with Crippen molar-refractivity contribution in [3.8, 4) is 0 Å². The number of hydrogen-bond donors (Lipinski definition) is 0. The summed E-state index contributed by atoms with van der Waals surface area (Å²) in [5.74, 6) is 0. The first-order chi connectivity index (χ1) is 9.10. The maximum atomic E-state index is 6.19. The predicted octanol–water partition coefficient (Wildman–Crippen LogP) is 3.30. The Hall–Kier alpha value is -0.350. The van der Waals surface area contributed by atoms with Crippen molar-refractivity contribution in [2.45, 2.75) is 32.9 Å². The highest BCUT2D eigenvalue weighted by Gasteiger charge is 2.20. The molecule has 0 saturated carbocycles. The quantitative estimate of drug-likeness (QED) is 0.796. The van der Waals surface area contributed by atoms with Crippen molar-refractivity contribution < 1.29 is 0 Å². The Labute approximate surface area is 125 Å². The van der Waals surface area contributed by atoms with Crippen LogP contribution < -0.4 is 0 Å². The molecule has 1 fully saturated rings. The van der Waals surface area contributed by atoms with Crippen LogP contribution in [0, 0.1) is 0 Å². The highest BCUT2D eigenvalue weighted by molar-refractivity contribution is 6.34. The Balaban J connectivity index is 1.88. The fraction of sp³-hybridized carbons (Fsp3) is 0.643. The van der Waals surface area contributed by atoms with Crippen LogP contribution in [0.2, 0.25) is 10.2 Å². The van der Waals surface area contributed by atoms with E-state index in [1.807, 2.05) is 0 Å². The summed E-state index contributed by atoms with van der Waals surface area (Å²) in [5.41, 5.74) is 1.06. The van der Waals surface area contributed by atoms with E-state index >= 15 is 0 Å². The average molecular weight is 302 g/mol. The number of halogens is 2. The lowest BCUT2D eigenvalue weighted by atomic mass is 10.2. The van der Waals surface area contributed by atoms with Gasteiger partial charge in [-0.3, -0.25) is 9.80 Å². The lowest BCUT2D eigenvalue weighted by Gasteiger charge is -2.37. The van der Waals surface area contributed by atoms with Gasteiger partial charge in [-0.2, -0.15) is 0 Å². The van der Waals surface area contributed by atoms with Gasteiger partial charge in [-0.1, -0.05) is 30.1 Å². The molecular formula is C14H21Cl2N3. The van der Waals surface area contributed by atoms with Crippen LogP contribution in [0.1, 0.15) is 25.8 Å². The lowest BCUT2D eigenvalue weighted by Crippen LogP contribution is -2.49. The van der Waals surface area contributed by atoms with Gasteiger partial charge in [0.1, 0.15) is 5.15 Å². The van der Waals surface area contributed by atoms with Crippen LogP contribution in [0.4, 0.5) is 0 Å². The molecule has 1 saturated heterocycles. The van der Waals surface area contributed by atoms with E-state index in [1.54, 1.807) is 12.3 Å². The van der Waals surface area contributed by atoms with Crippen molar-refractivity contribution in [2.75, 3.05) is 26.2 Å².